The lowest BCUT2D eigenvalue weighted by molar-refractivity contribution is -0.139. The van der Waals surface area contributed by atoms with Gasteiger partial charge in [0.25, 0.3) is 5.91 Å². The first kappa shape index (κ1) is 16.2. The van der Waals surface area contributed by atoms with E-state index in [1.807, 2.05) is 0 Å². The van der Waals surface area contributed by atoms with Gasteiger partial charge in [-0.1, -0.05) is 12.1 Å². The number of aliphatic carboxylic acids is 1. The van der Waals surface area contributed by atoms with Crippen LogP contribution in [0.3, 0.4) is 0 Å². The average molecular weight is 316 g/mol. The predicted molar refractivity (Wildman–Crippen MR) is 81.0 cm³/mol. The van der Waals surface area contributed by atoms with Crippen molar-refractivity contribution in [2.45, 2.75) is 0 Å². The molecule has 0 spiro atoms. The van der Waals surface area contributed by atoms with Gasteiger partial charge in [0.1, 0.15) is 11.6 Å². The Bertz CT molecular complexity index is 729. The minimum absolute atomic E-state index is 0.0953. The summed E-state index contributed by atoms with van der Waals surface area (Å²) in [5, 5.41) is 12.2. The third-order valence-corrected chi connectivity index (χ3v) is 2.74. The SMILES string of the molecule is O=C(O)COc1ccc(/C=N\NC(=O)c2ccccc2F)cc1. The summed E-state index contributed by atoms with van der Waals surface area (Å²) in [4.78, 5) is 22.1. The van der Waals surface area contributed by atoms with E-state index in [2.05, 4.69) is 10.5 Å². The summed E-state index contributed by atoms with van der Waals surface area (Å²) >= 11 is 0. The molecule has 0 aliphatic rings. The first-order chi connectivity index (χ1) is 11.1. The molecule has 0 aliphatic carbocycles. The highest BCUT2D eigenvalue weighted by Gasteiger charge is 2.09. The first-order valence-electron chi connectivity index (χ1n) is 6.59. The van der Waals surface area contributed by atoms with Crippen molar-refractivity contribution < 1.29 is 23.8 Å². The quantitative estimate of drug-likeness (QED) is 0.630. The molecule has 0 bridgehead atoms. The zero-order chi connectivity index (χ0) is 16.7. The lowest BCUT2D eigenvalue weighted by Crippen LogP contribution is -2.18. The van der Waals surface area contributed by atoms with E-state index in [0.29, 0.717) is 11.3 Å². The number of hydrazone groups is 1. The second-order valence-corrected chi connectivity index (χ2v) is 4.43. The van der Waals surface area contributed by atoms with E-state index in [9.17, 15) is 14.0 Å². The Labute approximate surface area is 131 Å². The van der Waals surface area contributed by atoms with Crippen molar-refractivity contribution >= 4 is 18.1 Å². The molecule has 7 heteroatoms. The van der Waals surface area contributed by atoms with Gasteiger partial charge in [-0.3, -0.25) is 4.79 Å². The Morgan fingerprint density at radius 1 is 1.17 bits per heavy atom. The number of hydrogen-bond donors (Lipinski definition) is 2. The number of carbonyl (C=O) groups is 2. The molecule has 0 saturated carbocycles. The molecular formula is C16H13FN2O4. The smallest absolute Gasteiger partial charge is 0.341 e. The van der Waals surface area contributed by atoms with Crippen LogP contribution >= 0.6 is 0 Å². The Morgan fingerprint density at radius 3 is 2.52 bits per heavy atom. The summed E-state index contributed by atoms with van der Waals surface area (Å²) in [6, 6.07) is 12.0. The van der Waals surface area contributed by atoms with Crippen molar-refractivity contribution in [1.82, 2.24) is 5.43 Å². The largest absolute Gasteiger partial charge is 0.482 e. The third kappa shape index (κ3) is 4.92. The van der Waals surface area contributed by atoms with Gasteiger partial charge in [-0.05, 0) is 42.0 Å². The second-order valence-electron chi connectivity index (χ2n) is 4.43. The fourth-order valence-electron chi connectivity index (χ4n) is 1.67. The van der Waals surface area contributed by atoms with Gasteiger partial charge in [0, 0.05) is 0 Å². The maximum absolute atomic E-state index is 13.4. The normalized spacial score (nSPS) is 10.5. The molecule has 0 unspecified atom stereocenters. The lowest BCUT2D eigenvalue weighted by Gasteiger charge is -2.03. The van der Waals surface area contributed by atoms with Crippen LogP contribution in [0.4, 0.5) is 4.39 Å². The summed E-state index contributed by atoms with van der Waals surface area (Å²) in [6.07, 6.45) is 1.37. The van der Waals surface area contributed by atoms with Crippen LogP contribution in [-0.2, 0) is 4.79 Å². The highest BCUT2D eigenvalue weighted by Crippen LogP contribution is 2.11. The van der Waals surface area contributed by atoms with E-state index in [0.717, 1.165) is 0 Å². The van der Waals surface area contributed by atoms with Crippen molar-refractivity contribution in [2.75, 3.05) is 6.61 Å². The van der Waals surface area contributed by atoms with Gasteiger partial charge in [0.15, 0.2) is 6.61 Å². The summed E-state index contributed by atoms with van der Waals surface area (Å²) in [5.74, 6) is -1.94. The van der Waals surface area contributed by atoms with Crippen molar-refractivity contribution in [1.29, 1.82) is 0 Å². The second kappa shape index (κ2) is 7.69. The molecule has 6 nitrogen and oxygen atoms in total. The molecule has 0 aromatic heterocycles. The zero-order valence-corrected chi connectivity index (χ0v) is 11.9. The van der Waals surface area contributed by atoms with Crippen LogP contribution in [0.5, 0.6) is 5.75 Å². The average Bonchev–Trinajstić information content (AvgIpc) is 2.54. The van der Waals surface area contributed by atoms with Crippen LogP contribution in [-0.4, -0.2) is 29.8 Å². The maximum Gasteiger partial charge on any atom is 0.341 e. The zero-order valence-electron chi connectivity index (χ0n) is 11.9. The van der Waals surface area contributed by atoms with E-state index < -0.39 is 24.3 Å². The molecule has 0 saturated heterocycles. The molecule has 0 radical (unpaired) electrons. The minimum atomic E-state index is -1.06. The molecule has 0 aliphatic heterocycles. The Balaban J connectivity index is 1.92. The van der Waals surface area contributed by atoms with Crippen LogP contribution in [0, 0.1) is 5.82 Å². The van der Waals surface area contributed by atoms with Gasteiger partial charge in [-0.2, -0.15) is 5.10 Å². The number of carbonyl (C=O) groups excluding carboxylic acids is 1. The molecule has 0 fully saturated rings. The number of halogens is 1. The summed E-state index contributed by atoms with van der Waals surface area (Å²) in [6.45, 7) is -0.424. The number of hydrogen-bond acceptors (Lipinski definition) is 4. The molecule has 2 rings (SSSR count). The number of carboxylic acid groups (broad SMARTS) is 1. The molecule has 1 amide bonds. The molecule has 2 aromatic carbocycles. The molecule has 0 heterocycles. The number of rotatable bonds is 6. The van der Waals surface area contributed by atoms with E-state index in [4.69, 9.17) is 9.84 Å². The van der Waals surface area contributed by atoms with Crippen LogP contribution in [0.1, 0.15) is 15.9 Å². The Kier molecular flexibility index (Phi) is 5.40. The Hall–Kier alpha value is -3.22. The highest BCUT2D eigenvalue weighted by atomic mass is 19.1. The van der Waals surface area contributed by atoms with Gasteiger partial charge in [0.2, 0.25) is 0 Å². The summed E-state index contributed by atoms with van der Waals surface area (Å²) in [7, 11) is 0. The van der Waals surface area contributed by atoms with Crippen molar-refractivity contribution in [3.63, 3.8) is 0 Å². The van der Waals surface area contributed by atoms with E-state index in [1.54, 1.807) is 30.3 Å². The lowest BCUT2D eigenvalue weighted by atomic mass is 10.2. The van der Waals surface area contributed by atoms with E-state index in [-0.39, 0.29) is 5.56 Å². The minimum Gasteiger partial charge on any atom is -0.482 e. The standard InChI is InChI=1S/C16H13FN2O4/c17-14-4-2-1-3-13(14)16(22)19-18-9-11-5-7-12(8-6-11)23-10-15(20)21/h1-9H,10H2,(H,19,22)(H,20,21)/b18-9-. The molecule has 23 heavy (non-hydrogen) atoms. The van der Waals surface area contributed by atoms with Gasteiger partial charge in [0.05, 0.1) is 11.8 Å². The van der Waals surface area contributed by atoms with Gasteiger partial charge in [-0.25, -0.2) is 14.6 Å². The maximum atomic E-state index is 13.4. The first-order valence-corrected chi connectivity index (χ1v) is 6.59. The number of nitrogens with zero attached hydrogens (tertiary/aromatic N) is 1. The van der Waals surface area contributed by atoms with Crippen molar-refractivity contribution in [2.24, 2.45) is 5.10 Å². The number of amides is 1. The molecule has 2 N–H and O–H groups in total. The number of nitrogens with one attached hydrogen (secondary N) is 1. The number of benzene rings is 2. The highest BCUT2D eigenvalue weighted by molar-refractivity contribution is 5.95. The van der Waals surface area contributed by atoms with Gasteiger partial charge in [-0.15, -0.1) is 0 Å². The van der Waals surface area contributed by atoms with Crippen LogP contribution in [0.25, 0.3) is 0 Å². The fourth-order valence-corrected chi connectivity index (χ4v) is 1.67. The van der Waals surface area contributed by atoms with E-state index in [1.165, 1.54) is 24.4 Å². The monoisotopic (exact) mass is 316 g/mol. The van der Waals surface area contributed by atoms with Gasteiger partial charge >= 0.3 is 5.97 Å². The number of carboxylic acids is 1. The van der Waals surface area contributed by atoms with Crippen molar-refractivity contribution in [3.05, 3.63) is 65.5 Å². The van der Waals surface area contributed by atoms with Crippen LogP contribution in [0.15, 0.2) is 53.6 Å². The fraction of sp³-hybridized carbons (Fsp3) is 0.0625. The van der Waals surface area contributed by atoms with Crippen LogP contribution in [0.2, 0.25) is 0 Å². The molecule has 0 atom stereocenters. The van der Waals surface area contributed by atoms with E-state index >= 15 is 0 Å². The van der Waals surface area contributed by atoms with Crippen molar-refractivity contribution in [3.8, 4) is 5.75 Å². The number of ether oxygens (including phenoxy) is 1. The predicted octanol–water partition coefficient (Wildman–Crippen LogP) is 2.05. The summed E-state index contributed by atoms with van der Waals surface area (Å²) < 4.78 is 18.4. The van der Waals surface area contributed by atoms with Gasteiger partial charge < -0.3 is 9.84 Å². The molecule has 118 valence electrons. The Morgan fingerprint density at radius 2 is 1.87 bits per heavy atom. The molecular weight excluding hydrogens is 303 g/mol. The summed E-state index contributed by atoms with van der Waals surface area (Å²) in [5.41, 5.74) is 2.78. The topological polar surface area (TPSA) is 88.0 Å². The third-order valence-electron chi connectivity index (χ3n) is 2.74. The van der Waals surface area contributed by atoms with Crippen LogP contribution < -0.4 is 10.2 Å². The molecule has 2 aromatic rings.